The monoisotopic (exact) mass is 310 g/mol. The van der Waals surface area contributed by atoms with E-state index in [1.807, 2.05) is 0 Å². The van der Waals surface area contributed by atoms with Crippen LogP contribution in [0.5, 0.6) is 0 Å². The molecule has 0 amide bonds. The van der Waals surface area contributed by atoms with Crippen molar-refractivity contribution in [1.82, 2.24) is 15.5 Å². The van der Waals surface area contributed by atoms with E-state index >= 15 is 0 Å². The molecule has 0 bridgehead atoms. The Morgan fingerprint density at radius 2 is 1.86 bits per heavy atom. The van der Waals surface area contributed by atoms with Crippen LogP contribution in [-0.2, 0) is 4.74 Å². The van der Waals surface area contributed by atoms with E-state index in [1.165, 1.54) is 25.7 Å². The zero-order valence-electron chi connectivity index (χ0n) is 14.6. The summed E-state index contributed by atoms with van der Waals surface area (Å²) in [6.07, 6.45) is 7.10. The molecule has 0 aromatic heterocycles. The topological polar surface area (TPSA) is 48.9 Å². The molecule has 2 aliphatic rings. The molecule has 2 unspecified atom stereocenters. The van der Waals surface area contributed by atoms with Crippen LogP contribution in [-0.4, -0.2) is 61.8 Å². The van der Waals surface area contributed by atoms with Crippen LogP contribution in [0, 0.1) is 0 Å². The first-order valence-corrected chi connectivity index (χ1v) is 9.10. The van der Waals surface area contributed by atoms with Gasteiger partial charge in [-0.2, -0.15) is 0 Å². The Hall–Kier alpha value is -0.810. The molecule has 2 atom stereocenters. The zero-order valence-corrected chi connectivity index (χ0v) is 14.6. The zero-order chi connectivity index (χ0) is 15.8. The van der Waals surface area contributed by atoms with E-state index in [-0.39, 0.29) is 0 Å². The summed E-state index contributed by atoms with van der Waals surface area (Å²) in [6, 6.07) is 0.624. The standard InChI is InChI=1S/C17H34N4O/c1-4-18-17(20-16-8-5-6-9-16)19-10-7-11-21-12-14(2)22-15(3)13-21/h14-16H,4-13H2,1-3H3,(H2,18,19,20). The molecule has 2 N–H and O–H groups in total. The Labute approximate surface area is 135 Å². The Morgan fingerprint density at radius 3 is 2.50 bits per heavy atom. The second-order valence-corrected chi connectivity index (χ2v) is 6.76. The fourth-order valence-electron chi connectivity index (χ4n) is 3.54. The van der Waals surface area contributed by atoms with Gasteiger partial charge in [0.25, 0.3) is 0 Å². The molecular weight excluding hydrogens is 276 g/mol. The molecule has 1 aliphatic heterocycles. The number of aliphatic imine (C=N–C) groups is 1. The van der Waals surface area contributed by atoms with Crippen molar-refractivity contribution in [2.75, 3.05) is 32.7 Å². The molecular formula is C17H34N4O. The molecule has 1 heterocycles. The molecule has 1 aliphatic carbocycles. The van der Waals surface area contributed by atoms with Crippen LogP contribution >= 0.6 is 0 Å². The Balaban J connectivity index is 1.68. The maximum Gasteiger partial charge on any atom is 0.191 e. The smallest absolute Gasteiger partial charge is 0.191 e. The summed E-state index contributed by atoms with van der Waals surface area (Å²) < 4.78 is 5.78. The fraction of sp³-hybridized carbons (Fsp3) is 0.941. The highest BCUT2D eigenvalue weighted by Gasteiger charge is 2.21. The number of guanidine groups is 1. The number of morpholine rings is 1. The molecule has 128 valence electrons. The summed E-state index contributed by atoms with van der Waals surface area (Å²) in [7, 11) is 0. The molecule has 1 saturated heterocycles. The van der Waals surface area contributed by atoms with Gasteiger partial charge in [0.2, 0.25) is 0 Å². The molecule has 0 spiro atoms. The minimum absolute atomic E-state index is 0.355. The molecule has 0 aromatic rings. The highest BCUT2D eigenvalue weighted by molar-refractivity contribution is 5.80. The molecule has 0 aromatic carbocycles. The van der Waals surface area contributed by atoms with E-state index in [0.29, 0.717) is 18.2 Å². The Bertz CT molecular complexity index is 332. The molecule has 5 nitrogen and oxygen atoms in total. The number of nitrogens with one attached hydrogen (secondary N) is 2. The van der Waals surface area contributed by atoms with Crippen LogP contribution in [0.15, 0.2) is 4.99 Å². The molecule has 2 rings (SSSR count). The van der Waals surface area contributed by atoms with Gasteiger partial charge < -0.3 is 15.4 Å². The summed E-state index contributed by atoms with van der Waals surface area (Å²) in [5.74, 6) is 0.998. The number of nitrogens with zero attached hydrogens (tertiary/aromatic N) is 2. The summed E-state index contributed by atoms with van der Waals surface area (Å²) in [6.45, 7) is 11.5. The quantitative estimate of drug-likeness (QED) is 0.447. The van der Waals surface area contributed by atoms with Crippen molar-refractivity contribution >= 4 is 5.96 Å². The minimum Gasteiger partial charge on any atom is -0.373 e. The highest BCUT2D eigenvalue weighted by atomic mass is 16.5. The van der Waals surface area contributed by atoms with Crippen LogP contribution < -0.4 is 10.6 Å². The lowest BCUT2D eigenvalue weighted by molar-refractivity contribution is -0.0679. The third-order valence-corrected chi connectivity index (χ3v) is 4.44. The van der Waals surface area contributed by atoms with Gasteiger partial charge in [-0.15, -0.1) is 0 Å². The van der Waals surface area contributed by atoms with Crippen molar-refractivity contribution in [2.45, 2.75) is 71.1 Å². The van der Waals surface area contributed by atoms with Gasteiger partial charge in [0.05, 0.1) is 12.2 Å². The van der Waals surface area contributed by atoms with Crippen LogP contribution in [0.1, 0.15) is 52.9 Å². The normalized spacial score (nSPS) is 28.0. The van der Waals surface area contributed by atoms with Crippen molar-refractivity contribution < 1.29 is 4.74 Å². The summed E-state index contributed by atoms with van der Waals surface area (Å²) in [5.41, 5.74) is 0. The summed E-state index contributed by atoms with van der Waals surface area (Å²) in [5, 5.41) is 6.94. The molecule has 5 heteroatoms. The van der Waals surface area contributed by atoms with Gasteiger partial charge in [0.15, 0.2) is 5.96 Å². The maximum atomic E-state index is 5.78. The van der Waals surface area contributed by atoms with E-state index in [2.05, 4.69) is 36.3 Å². The second-order valence-electron chi connectivity index (χ2n) is 6.76. The highest BCUT2D eigenvalue weighted by Crippen LogP contribution is 2.17. The number of rotatable bonds is 6. The van der Waals surface area contributed by atoms with Gasteiger partial charge in [-0.3, -0.25) is 9.89 Å². The third-order valence-electron chi connectivity index (χ3n) is 4.44. The van der Waals surface area contributed by atoms with E-state index in [1.54, 1.807) is 0 Å². The Kier molecular flexibility index (Phi) is 7.46. The summed E-state index contributed by atoms with van der Waals surface area (Å²) in [4.78, 5) is 7.24. The lowest BCUT2D eigenvalue weighted by Crippen LogP contribution is -2.45. The molecule has 1 saturated carbocycles. The molecule has 0 radical (unpaired) electrons. The van der Waals surface area contributed by atoms with E-state index in [0.717, 1.165) is 45.1 Å². The number of hydrogen-bond donors (Lipinski definition) is 2. The van der Waals surface area contributed by atoms with Gasteiger partial charge in [-0.1, -0.05) is 12.8 Å². The molecule has 22 heavy (non-hydrogen) atoms. The first-order chi connectivity index (χ1) is 10.7. The van der Waals surface area contributed by atoms with Crippen LogP contribution in [0.25, 0.3) is 0 Å². The lowest BCUT2D eigenvalue weighted by Gasteiger charge is -2.35. The Morgan fingerprint density at radius 1 is 1.18 bits per heavy atom. The van der Waals surface area contributed by atoms with Crippen LogP contribution in [0.3, 0.4) is 0 Å². The van der Waals surface area contributed by atoms with Crippen molar-refractivity contribution in [3.05, 3.63) is 0 Å². The maximum absolute atomic E-state index is 5.78. The molecule has 2 fully saturated rings. The fourth-order valence-corrected chi connectivity index (χ4v) is 3.54. The number of hydrogen-bond acceptors (Lipinski definition) is 3. The predicted octanol–water partition coefficient (Wildman–Crippen LogP) is 1.98. The van der Waals surface area contributed by atoms with Gasteiger partial charge in [0.1, 0.15) is 0 Å². The largest absolute Gasteiger partial charge is 0.373 e. The van der Waals surface area contributed by atoms with E-state index in [9.17, 15) is 0 Å². The van der Waals surface area contributed by atoms with Gasteiger partial charge >= 0.3 is 0 Å². The lowest BCUT2D eigenvalue weighted by atomic mass is 10.2. The summed E-state index contributed by atoms with van der Waals surface area (Å²) >= 11 is 0. The average Bonchev–Trinajstić information content (AvgIpc) is 2.95. The third kappa shape index (κ3) is 6.13. The predicted molar refractivity (Wildman–Crippen MR) is 92.4 cm³/mol. The van der Waals surface area contributed by atoms with Gasteiger partial charge in [0, 0.05) is 38.8 Å². The number of ether oxygens (including phenoxy) is 1. The van der Waals surface area contributed by atoms with Crippen LogP contribution in [0.4, 0.5) is 0 Å². The van der Waals surface area contributed by atoms with Gasteiger partial charge in [-0.05, 0) is 40.0 Å². The first-order valence-electron chi connectivity index (χ1n) is 9.10. The van der Waals surface area contributed by atoms with Crippen molar-refractivity contribution in [1.29, 1.82) is 0 Å². The van der Waals surface area contributed by atoms with Crippen molar-refractivity contribution in [2.24, 2.45) is 4.99 Å². The average molecular weight is 310 g/mol. The minimum atomic E-state index is 0.355. The van der Waals surface area contributed by atoms with Crippen molar-refractivity contribution in [3.8, 4) is 0 Å². The van der Waals surface area contributed by atoms with E-state index < -0.39 is 0 Å². The van der Waals surface area contributed by atoms with Crippen molar-refractivity contribution in [3.63, 3.8) is 0 Å². The van der Waals surface area contributed by atoms with Gasteiger partial charge in [-0.25, -0.2) is 0 Å². The first kappa shape index (κ1) is 17.5. The van der Waals surface area contributed by atoms with Crippen LogP contribution in [0.2, 0.25) is 0 Å². The SMILES string of the molecule is CCNC(=NCCCN1CC(C)OC(C)C1)NC1CCCC1. The second kappa shape index (κ2) is 9.36. The van der Waals surface area contributed by atoms with E-state index in [4.69, 9.17) is 9.73 Å².